The molecule has 1 aliphatic carbocycles. The number of rotatable bonds is 4. The van der Waals surface area contributed by atoms with Gasteiger partial charge in [-0.05, 0) is 37.1 Å². The molecule has 0 radical (unpaired) electrons. The number of carbonyl (C=O) groups excluding carboxylic acids is 1. The molecule has 9 heteroatoms. The Hall–Kier alpha value is -1.87. The van der Waals surface area contributed by atoms with E-state index in [-0.39, 0.29) is 17.5 Å². The van der Waals surface area contributed by atoms with E-state index in [1.165, 1.54) is 6.08 Å². The van der Waals surface area contributed by atoms with Gasteiger partial charge in [0.05, 0.1) is 10.5 Å². The van der Waals surface area contributed by atoms with E-state index in [0.717, 1.165) is 60.7 Å². The Bertz CT molecular complexity index is 813. The summed E-state index contributed by atoms with van der Waals surface area (Å²) in [7, 11) is -4.09. The van der Waals surface area contributed by atoms with E-state index in [4.69, 9.17) is 0 Å². The van der Waals surface area contributed by atoms with Crippen molar-refractivity contribution in [3.63, 3.8) is 0 Å². The van der Waals surface area contributed by atoms with Gasteiger partial charge < -0.3 is 5.32 Å². The largest absolute Gasteiger partial charge is 0.416 e. The van der Waals surface area contributed by atoms with Gasteiger partial charge in [-0.1, -0.05) is 31.4 Å². The number of nitrogens with one attached hydrogen (secondary N) is 1. The summed E-state index contributed by atoms with van der Waals surface area (Å²) in [4.78, 5) is 12.3. The third-order valence-corrected chi connectivity index (χ3v) is 6.78. The lowest BCUT2D eigenvalue weighted by atomic mass is 9.95. The number of hydrogen-bond acceptors (Lipinski definition) is 3. The molecule has 1 amide bonds. The molecule has 1 aromatic carbocycles. The number of benzene rings is 1. The van der Waals surface area contributed by atoms with E-state index in [9.17, 15) is 26.4 Å². The molecular formula is C18H21F3N2O3S. The first-order chi connectivity index (χ1) is 12.7. The Morgan fingerprint density at radius 3 is 2.30 bits per heavy atom. The summed E-state index contributed by atoms with van der Waals surface area (Å²) in [5.74, 6) is -0.397. The van der Waals surface area contributed by atoms with Crippen LogP contribution in [0.4, 0.5) is 13.2 Å². The maximum atomic E-state index is 12.8. The minimum absolute atomic E-state index is 0.00606. The van der Waals surface area contributed by atoms with Crippen LogP contribution in [0.25, 0.3) is 0 Å². The number of halogens is 3. The first-order valence-corrected chi connectivity index (χ1v) is 10.3. The molecule has 3 rings (SSSR count). The summed E-state index contributed by atoms with van der Waals surface area (Å²) < 4.78 is 64.7. The van der Waals surface area contributed by atoms with Crippen LogP contribution in [0, 0.1) is 0 Å². The van der Waals surface area contributed by atoms with E-state index in [1.54, 1.807) is 6.08 Å². The molecule has 148 valence electrons. The fraction of sp³-hybridized carbons (Fsp3) is 0.500. The van der Waals surface area contributed by atoms with Gasteiger partial charge in [-0.3, -0.25) is 4.79 Å². The van der Waals surface area contributed by atoms with Gasteiger partial charge in [-0.15, -0.1) is 0 Å². The summed E-state index contributed by atoms with van der Waals surface area (Å²) in [6.07, 6.45) is 3.47. The van der Waals surface area contributed by atoms with Gasteiger partial charge >= 0.3 is 6.18 Å². The maximum Gasteiger partial charge on any atom is 0.416 e. The molecule has 2 aliphatic rings. The van der Waals surface area contributed by atoms with Gasteiger partial charge in [0.1, 0.15) is 6.04 Å². The van der Waals surface area contributed by atoms with Crippen LogP contribution in [0.5, 0.6) is 0 Å². The quantitative estimate of drug-likeness (QED) is 0.787. The van der Waals surface area contributed by atoms with E-state index >= 15 is 0 Å². The van der Waals surface area contributed by atoms with Crippen LogP contribution in [0.2, 0.25) is 0 Å². The lowest BCUT2D eigenvalue weighted by Gasteiger charge is -2.27. The van der Waals surface area contributed by atoms with Crippen molar-refractivity contribution in [1.82, 2.24) is 9.62 Å². The summed E-state index contributed by atoms with van der Waals surface area (Å²) >= 11 is 0. The summed E-state index contributed by atoms with van der Waals surface area (Å²) in [5.41, 5.74) is -0.924. The minimum Gasteiger partial charge on any atom is -0.352 e. The standard InChI is InChI=1S/C18H21F3N2O3S/c19-18(20,21)13-8-10-15(11-9-13)27(25,26)23-12-4-7-16(23)17(24)22-14-5-2-1-3-6-14/h4,7-11,14,16H,1-3,5-6,12H2,(H,22,24)/t16-/m0/s1. The Kier molecular flexibility index (Phi) is 5.62. The zero-order valence-corrected chi connectivity index (χ0v) is 15.4. The minimum atomic E-state index is -4.54. The lowest BCUT2D eigenvalue weighted by molar-refractivity contribution is -0.137. The fourth-order valence-corrected chi connectivity index (χ4v) is 4.95. The molecule has 27 heavy (non-hydrogen) atoms. The van der Waals surface area contributed by atoms with Crippen molar-refractivity contribution in [3.05, 3.63) is 42.0 Å². The number of amides is 1. The highest BCUT2D eigenvalue weighted by Crippen LogP contribution is 2.31. The maximum absolute atomic E-state index is 12.8. The molecule has 1 heterocycles. The fourth-order valence-electron chi connectivity index (χ4n) is 3.45. The van der Waals surface area contributed by atoms with E-state index in [0.29, 0.717) is 0 Å². The second-order valence-electron chi connectivity index (χ2n) is 6.81. The van der Waals surface area contributed by atoms with Crippen molar-refractivity contribution in [1.29, 1.82) is 0 Å². The summed E-state index contributed by atoms with van der Waals surface area (Å²) in [5, 5.41) is 2.90. The number of nitrogens with zero attached hydrogens (tertiary/aromatic N) is 1. The predicted octanol–water partition coefficient (Wildman–Crippen LogP) is 3.08. The van der Waals surface area contributed by atoms with Crippen molar-refractivity contribution in [3.8, 4) is 0 Å². The lowest BCUT2D eigenvalue weighted by Crippen LogP contribution is -2.49. The molecule has 1 saturated carbocycles. The number of sulfonamides is 1. The molecule has 5 nitrogen and oxygen atoms in total. The van der Waals surface area contributed by atoms with Crippen molar-refractivity contribution in [2.45, 2.75) is 55.3 Å². The van der Waals surface area contributed by atoms with E-state index in [2.05, 4.69) is 5.32 Å². The van der Waals surface area contributed by atoms with Crippen LogP contribution >= 0.6 is 0 Å². The average Bonchev–Trinajstić information content (AvgIpc) is 3.13. The van der Waals surface area contributed by atoms with Gasteiger partial charge in [0.2, 0.25) is 15.9 Å². The van der Waals surface area contributed by atoms with Gasteiger partial charge in [0.15, 0.2) is 0 Å². The Morgan fingerprint density at radius 1 is 1.07 bits per heavy atom. The molecule has 0 saturated heterocycles. The SMILES string of the molecule is O=C(NC1CCCCC1)[C@@H]1C=CCN1S(=O)(=O)c1ccc(C(F)(F)F)cc1. The number of carbonyl (C=O) groups is 1. The zero-order valence-electron chi connectivity index (χ0n) is 14.6. The molecule has 0 unspecified atom stereocenters. The molecule has 1 N–H and O–H groups in total. The van der Waals surface area contributed by atoms with Crippen molar-refractivity contribution in [2.75, 3.05) is 6.54 Å². The Balaban J connectivity index is 1.76. The second-order valence-corrected chi connectivity index (χ2v) is 8.70. The highest BCUT2D eigenvalue weighted by molar-refractivity contribution is 7.89. The van der Waals surface area contributed by atoms with E-state index in [1.807, 2.05) is 0 Å². The zero-order chi connectivity index (χ0) is 19.7. The smallest absolute Gasteiger partial charge is 0.352 e. The Morgan fingerprint density at radius 2 is 1.70 bits per heavy atom. The monoisotopic (exact) mass is 402 g/mol. The molecule has 1 fully saturated rings. The van der Waals surface area contributed by atoms with Gasteiger partial charge in [-0.2, -0.15) is 17.5 Å². The van der Waals surface area contributed by atoms with Crippen LogP contribution < -0.4 is 5.32 Å². The normalized spacial score (nSPS) is 22.1. The molecule has 0 spiro atoms. The molecule has 1 aliphatic heterocycles. The predicted molar refractivity (Wildman–Crippen MR) is 93.3 cm³/mol. The molecule has 0 bridgehead atoms. The van der Waals surface area contributed by atoms with Crippen LogP contribution in [0.15, 0.2) is 41.3 Å². The van der Waals surface area contributed by atoms with Crippen molar-refractivity contribution >= 4 is 15.9 Å². The van der Waals surface area contributed by atoms with Crippen LogP contribution in [0.3, 0.4) is 0 Å². The number of hydrogen-bond donors (Lipinski definition) is 1. The molecule has 1 aromatic rings. The van der Waals surface area contributed by atoms with Gasteiger partial charge in [0.25, 0.3) is 0 Å². The first-order valence-electron chi connectivity index (χ1n) is 8.86. The first kappa shape index (κ1) is 19.9. The number of alkyl halides is 3. The highest BCUT2D eigenvalue weighted by atomic mass is 32.2. The third-order valence-electron chi connectivity index (χ3n) is 4.92. The molecular weight excluding hydrogens is 381 g/mol. The Labute approximate surface area is 156 Å². The molecule has 1 atom stereocenters. The van der Waals surface area contributed by atoms with Crippen LogP contribution in [0.1, 0.15) is 37.7 Å². The summed E-state index contributed by atoms with van der Waals surface area (Å²) in [6.45, 7) is 0.00606. The van der Waals surface area contributed by atoms with E-state index < -0.39 is 33.7 Å². The summed E-state index contributed by atoms with van der Waals surface area (Å²) in [6, 6.07) is 2.36. The van der Waals surface area contributed by atoms with Crippen LogP contribution in [-0.4, -0.2) is 37.3 Å². The van der Waals surface area contributed by atoms with Crippen LogP contribution in [-0.2, 0) is 21.0 Å². The topological polar surface area (TPSA) is 66.5 Å². The van der Waals surface area contributed by atoms with Gasteiger partial charge in [0, 0.05) is 12.6 Å². The highest BCUT2D eigenvalue weighted by Gasteiger charge is 2.38. The molecule has 0 aromatic heterocycles. The van der Waals surface area contributed by atoms with Gasteiger partial charge in [-0.25, -0.2) is 8.42 Å². The second kappa shape index (κ2) is 7.63. The van der Waals surface area contributed by atoms with Crippen molar-refractivity contribution < 1.29 is 26.4 Å². The average molecular weight is 402 g/mol. The third kappa shape index (κ3) is 4.35. The van der Waals surface area contributed by atoms with Crippen molar-refractivity contribution in [2.24, 2.45) is 0 Å².